The molecular formula is C18H18ClN3O2S. The fourth-order valence-electron chi connectivity index (χ4n) is 2.09. The molecule has 0 saturated heterocycles. The van der Waals surface area contributed by atoms with Gasteiger partial charge in [0.05, 0.1) is 6.42 Å². The minimum atomic E-state index is -0.225. The van der Waals surface area contributed by atoms with E-state index in [1.54, 1.807) is 49.5 Å². The highest BCUT2D eigenvalue weighted by Gasteiger charge is 2.09. The van der Waals surface area contributed by atoms with Gasteiger partial charge in [0.25, 0.3) is 0 Å². The molecule has 2 N–H and O–H groups in total. The monoisotopic (exact) mass is 375 g/mol. The Hall–Kier alpha value is -2.44. The molecule has 25 heavy (non-hydrogen) atoms. The van der Waals surface area contributed by atoms with Crippen molar-refractivity contribution in [3.05, 3.63) is 59.1 Å². The minimum Gasteiger partial charge on any atom is -0.332 e. The summed E-state index contributed by atoms with van der Waals surface area (Å²) < 4.78 is 0. The molecule has 0 aliphatic heterocycles. The van der Waals surface area contributed by atoms with E-state index in [4.69, 9.17) is 23.8 Å². The predicted octanol–water partition coefficient (Wildman–Crippen LogP) is 3.38. The molecule has 2 aromatic carbocycles. The normalized spacial score (nSPS) is 10.0. The first-order valence-electron chi connectivity index (χ1n) is 7.55. The Morgan fingerprint density at radius 2 is 1.84 bits per heavy atom. The van der Waals surface area contributed by atoms with Crippen molar-refractivity contribution >= 4 is 52.1 Å². The summed E-state index contributed by atoms with van der Waals surface area (Å²) >= 11 is 11.0. The van der Waals surface area contributed by atoms with Crippen molar-refractivity contribution in [3.63, 3.8) is 0 Å². The average Bonchev–Trinajstić information content (AvgIpc) is 2.56. The molecule has 0 spiro atoms. The Labute approximate surface area is 157 Å². The van der Waals surface area contributed by atoms with Crippen LogP contribution in [-0.4, -0.2) is 24.0 Å². The summed E-state index contributed by atoms with van der Waals surface area (Å²) in [5.41, 5.74) is 2.25. The van der Waals surface area contributed by atoms with Crippen molar-refractivity contribution < 1.29 is 9.59 Å². The number of thiocarbonyl (C=S) groups is 1. The third-order valence-corrected chi connectivity index (χ3v) is 3.95. The largest absolute Gasteiger partial charge is 0.332 e. The Balaban J connectivity index is 1.93. The second-order valence-corrected chi connectivity index (χ2v) is 6.28. The van der Waals surface area contributed by atoms with Crippen LogP contribution >= 0.6 is 23.8 Å². The number of carbonyl (C=O) groups excluding carboxylic acids is 2. The van der Waals surface area contributed by atoms with Crippen molar-refractivity contribution in [2.24, 2.45) is 0 Å². The molecule has 0 aromatic heterocycles. The lowest BCUT2D eigenvalue weighted by Gasteiger charge is -2.16. The number of rotatable bonds is 4. The van der Waals surface area contributed by atoms with Crippen LogP contribution in [0.3, 0.4) is 0 Å². The molecule has 2 rings (SSSR count). The van der Waals surface area contributed by atoms with Crippen LogP contribution < -0.4 is 15.5 Å². The van der Waals surface area contributed by atoms with E-state index in [0.29, 0.717) is 10.7 Å². The first-order chi connectivity index (χ1) is 11.8. The number of nitrogens with zero attached hydrogens (tertiary/aromatic N) is 1. The third-order valence-electron chi connectivity index (χ3n) is 3.49. The Bertz CT molecular complexity index is 793. The van der Waals surface area contributed by atoms with E-state index in [1.165, 1.54) is 11.8 Å². The van der Waals surface area contributed by atoms with Gasteiger partial charge in [0.15, 0.2) is 5.11 Å². The van der Waals surface area contributed by atoms with Gasteiger partial charge in [-0.25, -0.2) is 0 Å². The first-order valence-corrected chi connectivity index (χ1v) is 8.33. The van der Waals surface area contributed by atoms with Crippen LogP contribution in [0.5, 0.6) is 0 Å². The van der Waals surface area contributed by atoms with Gasteiger partial charge in [0.2, 0.25) is 11.8 Å². The van der Waals surface area contributed by atoms with Crippen molar-refractivity contribution in [3.8, 4) is 0 Å². The molecule has 0 atom stereocenters. The lowest BCUT2D eigenvalue weighted by Crippen LogP contribution is -2.35. The molecule has 130 valence electrons. The van der Waals surface area contributed by atoms with E-state index in [1.807, 2.05) is 6.07 Å². The lowest BCUT2D eigenvalue weighted by molar-refractivity contribution is -0.119. The van der Waals surface area contributed by atoms with Crippen LogP contribution in [0.4, 0.5) is 11.4 Å². The molecule has 2 aromatic rings. The zero-order valence-corrected chi connectivity index (χ0v) is 15.4. The van der Waals surface area contributed by atoms with Crippen molar-refractivity contribution in [1.82, 2.24) is 5.32 Å². The van der Waals surface area contributed by atoms with E-state index in [2.05, 4.69) is 10.6 Å². The highest BCUT2D eigenvalue weighted by molar-refractivity contribution is 7.80. The van der Waals surface area contributed by atoms with Crippen molar-refractivity contribution in [1.29, 1.82) is 0 Å². The molecule has 0 radical (unpaired) electrons. The topological polar surface area (TPSA) is 61.4 Å². The SMILES string of the molecule is CC(=O)N(C)c1cccc(NC(=S)NC(=O)Cc2ccc(Cl)cc2)c1. The maximum atomic E-state index is 12.0. The number of halogens is 1. The van der Waals surface area contributed by atoms with Gasteiger partial charge >= 0.3 is 0 Å². The molecule has 0 fully saturated rings. The third kappa shape index (κ3) is 5.85. The van der Waals surface area contributed by atoms with Gasteiger partial charge in [-0.1, -0.05) is 29.8 Å². The van der Waals surface area contributed by atoms with Crippen LogP contribution in [0.15, 0.2) is 48.5 Å². The van der Waals surface area contributed by atoms with Crippen LogP contribution in [0.25, 0.3) is 0 Å². The molecular weight excluding hydrogens is 358 g/mol. The number of benzene rings is 2. The molecule has 0 heterocycles. The highest BCUT2D eigenvalue weighted by atomic mass is 35.5. The van der Waals surface area contributed by atoms with Crippen LogP contribution in [-0.2, 0) is 16.0 Å². The fourth-order valence-corrected chi connectivity index (χ4v) is 2.45. The maximum Gasteiger partial charge on any atom is 0.230 e. The first kappa shape index (κ1) is 18.9. The summed E-state index contributed by atoms with van der Waals surface area (Å²) in [5, 5.41) is 6.39. The lowest BCUT2D eigenvalue weighted by atomic mass is 10.1. The van der Waals surface area contributed by atoms with Gasteiger partial charge in [0.1, 0.15) is 0 Å². The maximum absolute atomic E-state index is 12.0. The van der Waals surface area contributed by atoms with Crippen LogP contribution in [0.1, 0.15) is 12.5 Å². The van der Waals surface area contributed by atoms with Gasteiger partial charge < -0.3 is 15.5 Å². The zero-order chi connectivity index (χ0) is 18.4. The van der Waals surface area contributed by atoms with Gasteiger partial charge in [0, 0.05) is 30.4 Å². The number of hydrogen-bond donors (Lipinski definition) is 2. The van der Waals surface area contributed by atoms with Crippen LogP contribution in [0, 0.1) is 0 Å². The smallest absolute Gasteiger partial charge is 0.230 e. The summed E-state index contributed by atoms with van der Waals surface area (Å²) in [6.45, 7) is 1.49. The number of anilines is 2. The van der Waals surface area contributed by atoms with Gasteiger partial charge in [-0.15, -0.1) is 0 Å². The van der Waals surface area contributed by atoms with Crippen LogP contribution in [0.2, 0.25) is 5.02 Å². The Kier molecular flexibility index (Phi) is 6.50. The predicted molar refractivity (Wildman–Crippen MR) is 105 cm³/mol. The standard InChI is InChI=1S/C18H18ClN3O2S/c1-12(23)22(2)16-5-3-4-15(11-16)20-18(25)21-17(24)10-13-6-8-14(19)9-7-13/h3-9,11H,10H2,1-2H3,(H2,20,21,24,25). The summed E-state index contributed by atoms with van der Waals surface area (Å²) in [4.78, 5) is 25.0. The van der Waals surface area contributed by atoms with Gasteiger partial charge in [-0.3, -0.25) is 9.59 Å². The molecule has 7 heteroatoms. The van der Waals surface area contributed by atoms with E-state index in [-0.39, 0.29) is 23.3 Å². The zero-order valence-electron chi connectivity index (χ0n) is 13.9. The second kappa shape index (κ2) is 8.60. The van der Waals surface area contributed by atoms with E-state index >= 15 is 0 Å². The number of amides is 2. The molecule has 0 bridgehead atoms. The van der Waals surface area contributed by atoms with Crippen molar-refractivity contribution in [2.45, 2.75) is 13.3 Å². The summed E-state index contributed by atoms with van der Waals surface area (Å²) in [7, 11) is 1.69. The fraction of sp³-hybridized carbons (Fsp3) is 0.167. The highest BCUT2D eigenvalue weighted by Crippen LogP contribution is 2.18. The van der Waals surface area contributed by atoms with E-state index < -0.39 is 0 Å². The molecule has 5 nitrogen and oxygen atoms in total. The number of nitrogens with one attached hydrogen (secondary N) is 2. The molecule has 2 amide bonds. The van der Waals surface area contributed by atoms with Gasteiger partial charge in [-0.2, -0.15) is 0 Å². The molecule has 0 unspecified atom stereocenters. The Morgan fingerprint density at radius 1 is 1.16 bits per heavy atom. The molecule has 0 aliphatic carbocycles. The summed E-state index contributed by atoms with van der Waals surface area (Å²) in [6, 6.07) is 14.2. The number of hydrogen-bond acceptors (Lipinski definition) is 3. The molecule has 0 aliphatic rings. The van der Waals surface area contributed by atoms with E-state index in [0.717, 1.165) is 11.3 Å². The average molecular weight is 376 g/mol. The summed E-state index contributed by atoms with van der Waals surface area (Å²) in [5.74, 6) is -0.298. The minimum absolute atomic E-state index is 0.0732. The molecule has 0 saturated carbocycles. The summed E-state index contributed by atoms with van der Waals surface area (Å²) in [6.07, 6.45) is 0.200. The Morgan fingerprint density at radius 3 is 2.48 bits per heavy atom. The van der Waals surface area contributed by atoms with E-state index in [9.17, 15) is 9.59 Å². The number of carbonyl (C=O) groups is 2. The van der Waals surface area contributed by atoms with Gasteiger partial charge in [-0.05, 0) is 48.1 Å². The second-order valence-electron chi connectivity index (χ2n) is 5.43. The van der Waals surface area contributed by atoms with Crippen molar-refractivity contribution in [2.75, 3.05) is 17.3 Å². The quantitative estimate of drug-likeness (QED) is 0.804.